The molecule has 0 aromatic heterocycles. The van der Waals surface area contributed by atoms with Crippen molar-refractivity contribution in [2.45, 2.75) is 12.8 Å². The zero-order valence-electron chi connectivity index (χ0n) is 7.13. The highest BCUT2D eigenvalue weighted by molar-refractivity contribution is 5.86. The summed E-state index contributed by atoms with van der Waals surface area (Å²) in [5, 5.41) is 3.07. The van der Waals surface area contributed by atoms with Gasteiger partial charge in [0.1, 0.15) is 5.78 Å². The molecule has 0 aliphatic carbocycles. The van der Waals surface area contributed by atoms with Crippen LogP contribution >= 0.6 is 0 Å². The summed E-state index contributed by atoms with van der Waals surface area (Å²) in [6.45, 7) is 1.34. The number of rotatable bonds is 2. The Bertz CT molecular complexity index is 191. The van der Waals surface area contributed by atoms with Gasteiger partial charge in [-0.05, 0) is 0 Å². The Kier molecular flexibility index (Phi) is 3.22. The molecule has 0 amide bonds. The van der Waals surface area contributed by atoms with Gasteiger partial charge in [0.2, 0.25) is 0 Å². The second-order valence-electron chi connectivity index (χ2n) is 2.90. The summed E-state index contributed by atoms with van der Waals surface area (Å²) >= 11 is 0. The van der Waals surface area contributed by atoms with Gasteiger partial charge in [-0.25, -0.2) is 0 Å². The van der Waals surface area contributed by atoms with E-state index in [0.29, 0.717) is 13.0 Å². The first-order chi connectivity index (χ1) is 5.74. The van der Waals surface area contributed by atoms with Crippen molar-refractivity contribution in [3.63, 3.8) is 0 Å². The Labute approximate surface area is 71.3 Å². The third kappa shape index (κ3) is 2.30. The molecule has 12 heavy (non-hydrogen) atoms. The predicted octanol–water partition coefficient (Wildman–Crippen LogP) is -0.272. The third-order valence-electron chi connectivity index (χ3n) is 2.03. The van der Waals surface area contributed by atoms with E-state index in [-0.39, 0.29) is 24.1 Å². The van der Waals surface area contributed by atoms with Crippen molar-refractivity contribution in [2.75, 3.05) is 20.2 Å². The molecule has 0 spiro atoms. The Morgan fingerprint density at radius 3 is 3.08 bits per heavy atom. The van der Waals surface area contributed by atoms with E-state index in [1.807, 2.05) is 0 Å². The number of hydrogen-bond donors (Lipinski definition) is 1. The minimum Gasteiger partial charge on any atom is -0.469 e. The molecular weight excluding hydrogens is 158 g/mol. The van der Waals surface area contributed by atoms with Crippen molar-refractivity contribution in [2.24, 2.45) is 5.92 Å². The zero-order chi connectivity index (χ0) is 8.97. The zero-order valence-corrected chi connectivity index (χ0v) is 7.13. The number of carbonyl (C=O) groups is 2. The minimum absolute atomic E-state index is 0.166. The monoisotopic (exact) mass is 171 g/mol. The molecule has 0 bridgehead atoms. The second-order valence-corrected chi connectivity index (χ2v) is 2.90. The molecule has 1 atom stereocenters. The van der Waals surface area contributed by atoms with Crippen LogP contribution in [0.2, 0.25) is 0 Å². The lowest BCUT2D eigenvalue weighted by molar-refractivity contribution is -0.144. The van der Waals surface area contributed by atoms with Gasteiger partial charge in [0.25, 0.3) is 0 Å². The summed E-state index contributed by atoms with van der Waals surface area (Å²) in [5.41, 5.74) is 0. The Hall–Kier alpha value is -0.900. The van der Waals surface area contributed by atoms with Gasteiger partial charge in [-0.1, -0.05) is 0 Å². The lowest BCUT2D eigenvalue weighted by Crippen LogP contribution is -2.38. The topological polar surface area (TPSA) is 55.4 Å². The molecule has 1 heterocycles. The van der Waals surface area contributed by atoms with Crippen LogP contribution in [0.1, 0.15) is 12.8 Å². The molecule has 1 aliphatic rings. The minimum atomic E-state index is -0.308. The first kappa shape index (κ1) is 9.19. The van der Waals surface area contributed by atoms with E-state index in [4.69, 9.17) is 0 Å². The van der Waals surface area contributed by atoms with Crippen LogP contribution < -0.4 is 5.32 Å². The maximum Gasteiger partial charge on any atom is 0.306 e. The molecule has 1 aliphatic heterocycles. The molecule has 1 rings (SSSR count). The van der Waals surface area contributed by atoms with Crippen LogP contribution in [-0.2, 0) is 14.3 Å². The molecule has 4 heteroatoms. The van der Waals surface area contributed by atoms with Crippen molar-refractivity contribution in [1.29, 1.82) is 0 Å². The fourth-order valence-electron chi connectivity index (χ4n) is 1.28. The van der Waals surface area contributed by atoms with Crippen molar-refractivity contribution in [1.82, 2.24) is 5.32 Å². The quantitative estimate of drug-likeness (QED) is 0.581. The average Bonchev–Trinajstić information content (AvgIpc) is 2.09. The van der Waals surface area contributed by atoms with Crippen molar-refractivity contribution in [3.05, 3.63) is 0 Å². The largest absolute Gasteiger partial charge is 0.469 e. The summed E-state index contributed by atoms with van der Waals surface area (Å²) < 4.78 is 4.48. The third-order valence-corrected chi connectivity index (χ3v) is 2.03. The highest BCUT2D eigenvalue weighted by Crippen LogP contribution is 2.10. The highest BCUT2D eigenvalue weighted by atomic mass is 16.5. The van der Waals surface area contributed by atoms with Crippen molar-refractivity contribution < 1.29 is 14.3 Å². The van der Waals surface area contributed by atoms with E-state index in [0.717, 1.165) is 6.54 Å². The standard InChI is InChI=1S/C8H13NO3/c1-12-8(11)4-6-5-9-3-2-7(6)10/h6,9H,2-5H2,1H3. The molecule has 1 N–H and O–H groups in total. The first-order valence-corrected chi connectivity index (χ1v) is 4.04. The van der Waals surface area contributed by atoms with Crippen LogP contribution in [0.5, 0.6) is 0 Å². The molecule has 0 saturated carbocycles. The van der Waals surface area contributed by atoms with E-state index >= 15 is 0 Å². The molecule has 1 saturated heterocycles. The van der Waals surface area contributed by atoms with Crippen LogP contribution in [0.3, 0.4) is 0 Å². The van der Waals surface area contributed by atoms with Gasteiger partial charge in [0.05, 0.1) is 13.5 Å². The maximum atomic E-state index is 11.2. The van der Waals surface area contributed by atoms with E-state index in [9.17, 15) is 9.59 Å². The van der Waals surface area contributed by atoms with Crippen molar-refractivity contribution in [3.8, 4) is 0 Å². The summed E-state index contributed by atoms with van der Waals surface area (Å²) in [6.07, 6.45) is 0.740. The average molecular weight is 171 g/mol. The summed E-state index contributed by atoms with van der Waals surface area (Å²) in [4.78, 5) is 22.0. The van der Waals surface area contributed by atoms with Gasteiger partial charge >= 0.3 is 5.97 Å². The molecule has 0 radical (unpaired) electrons. The van der Waals surface area contributed by atoms with Gasteiger partial charge in [-0.2, -0.15) is 0 Å². The fraction of sp³-hybridized carbons (Fsp3) is 0.750. The molecule has 68 valence electrons. The summed E-state index contributed by atoms with van der Waals surface area (Å²) in [6, 6.07) is 0. The van der Waals surface area contributed by atoms with E-state index < -0.39 is 0 Å². The Balaban J connectivity index is 2.39. The number of nitrogens with one attached hydrogen (secondary N) is 1. The Morgan fingerprint density at radius 1 is 1.75 bits per heavy atom. The number of Topliss-reactive ketones (excluding diaryl/α,β-unsaturated/α-hetero) is 1. The highest BCUT2D eigenvalue weighted by Gasteiger charge is 2.24. The first-order valence-electron chi connectivity index (χ1n) is 4.04. The van der Waals surface area contributed by atoms with Crippen LogP contribution in [0.15, 0.2) is 0 Å². The normalized spacial score (nSPS) is 23.8. The molecule has 4 nitrogen and oxygen atoms in total. The van der Waals surface area contributed by atoms with Crippen LogP contribution in [-0.4, -0.2) is 32.0 Å². The fourth-order valence-corrected chi connectivity index (χ4v) is 1.28. The van der Waals surface area contributed by atoms with Crippen LogP contribution in [0.4, 0.5) is 0 Å². The smallest absolute Gasteiger partial charge is 0.306 e. The number of ketones is 1. The van der Waals surface area contributed by atoms with Gasteiger partial charge in [-0.15, -0.1) is 0 Å². The number of carbonyl (C=O) groups excluding carboxylic acids is 2. The number of ether oxygens (including phenoxy) is 1. The van der Waals surface area contributed by atoms with E-state index in [2.05, 4.69) is 10.1 Å². The number of piperidine rings is 1. The van der Waals surface area contributed by atoms with Crippen LogP contribution in [0.25, 0.3) is 0 Å². The molecule has 0 aromatic carbocycles. The van der Waals surface area contributed by atoms with E-state index in [1.165, 1.54) is 7.11 Å². The molecular formula is C8H13NO3. The van der Waals surface area contributed by atoms with Gasteiger partial charge in [-0.3, -0.25) is 9.59 Å². The predicted molar refractivity (Wildman–Crippen MR) is 42.6 cm³/mol. The van der Waals surface area contributed by atoms with Gasteiger partial charge in [0.15, 0.2) is 0 Å². The molecule has 1 fully saturated rings. The molecule has 0 aromatic rings. The molecule has 1 unspecified atom stereocenters. The Morgan fingerprint density at radius 2 is 2.50 bits per heavy atom. The second kappa shape index (κ2) is 4.21. The van der Waals surface area contributed by atoms with Gasteiger partial charge in [0, 0.05) is 25.4 Å². The van der Waals surface area contributed by atoms with Crippen molar-refractivity contribution >= 4 is 11.8 Å². The number of hydrogen-bond acceptors (Lipinski definition) is 4. The number of methoxy groups -OCH3 is 1. The summed E-state index contributed by atoms with van der Waals surface area (Å²) in [5.74, 6) is -0.317. The SMILES string of the molecule is COC(=O)CC1CNCCC1=O. The van der Waals surface area contributed by atoms with Gasteiger partial charge < -0.3 is 10.1 Å². The summed E-state index contributed by atoms with van der Waals surface area (Å²) in [7, 11) is 1.34. The lowest BCUT2D eigenvalue weighted by atomic mass is 9.95. The van der Waals surface area contributed by atoms with Crippen LogP contribution in [0, 0.1) is 5.92 Å². The lowest BCUT2D eigenvalue weighted by Gasteiger charge is -2.20. The number of esters is 1. The maximum absolute atomic E-state index is 11.2. The van der Waals surface area contributed by atoms with E-state index in [1.54, 1.807) is 0 Å².